The number of thiazole rings is 1. The van der Waals surface area contributed by atoms with E-state index < -0.39 is 29.2 Å². The molecule has 3 heterocycles. The van der Waals surface area contributed by atoms with Crippen molar-refractivity contribution in [1.82, 2.24) is 15.2 Å². The number of hydrogen-bond donors (Lipinski definition) is 2. The maximum absolute atomic E-state index is 13.0. The Kier molecular flexibility index (Phi) is 8.29. The minimum atomic E-state index is -0.876. The Bertz CT molecular complexity index is 977. The summed E-state index contributed by atoms with van der Waals surface area (Å²) in [6.45, 7) is 3.54. The zero-order chi connectivity index (χ0) is 24.1. The quantitative estimate of drug-likeness (QED) is 0.151. The summed E-state index contributed by atoms with van der Waals surface area (Å²) in [6.07, 6.45) is -0.124. The largest absolute Gasteiger partial charge is 0.434 e. The predicted molar refractivity (Wildman–Crippen MR) is 121 cm³/mol. The number of oxime groups is 1. The maximum atomic E-state index is 13.0. The second-order valence-corrected chi connectivity index (χ2v) is 9.20. The van der Waals surface area contributed by atoms with Gasteiger partial charge < -0.3 is 30.1 Å². The van der Waals surface area contributed by atoms with Gasteiger partial charge in [0.05, 0.1) is 12.7 Å². The fraction of sp³-hybridized carbons (Fsp3) is 0.526. The third-order valence-electron chi connectivity index (χ3n) is 4.60. The molecular formula is C19H25N5O7S2. The molecule has 2 aliphatic rings. The molecule has 1 saturated heterocycles. The van der Waals surface area contributed by atoms with E-state index in [-0.39, 0.29) is 41.7 Å². The summed E-state index contributed by atoms with van der Waals surface area (Å²) in [5.41, 5.74) is 6.49. The number of rotatable bonds is 10. The van der Waals surface area contributed by atoms with E-state index in [2.05, 4.69) is 15.5 Å². The van der Waals surface area contributed by atoms with Crippen molar-refractivity contribution in [2.45, 2.75) is 31.4 Å². The number of ether oxygens (including phenoxy) is 3. The fourth-order valence-electron chi connectivity index (χ4n) is 3.15. The summed E-state index contributed by atoms with van der Waals surface area (Å²) in [5.74, 6) is -1.38. The lowest BCUT2D eigenvalue weighted by Crippen LogP contribution is -2.71. The van der Waals surface area contributed by atoms with Gasteiger partial charge in [0.2, 0.25) is 0 Å². The average Bonchev–Trinajstić information content (AvgIpc) is 3.20. The molecular weight excluding hydrogens is 474 g/mol. The predicted octanol–water partition coefficient (Wildman–Crippen LogP) is 0.302. The molecule has 0 aliphatic carbocycles. The average molecular weight is 500 g/mol. The van der Waals surface area contributed by atoms with E-state index in [9.17, 15) is 14.4 Å². The first-order valence-corrected chi connectivity index (χ1v) is 11.8. The normalized spacial score (nSPS) is 20.5. The zero-order valence-electron chi connectivity index (χ0n) is 18.5. The number of anilines is 1. The number of thioether (sulfide) groups is 1. The van der Waals surface area contributed by atoms with Crippen LogP contribution < -0.4 is 11.1 Å². The van der Waals surface area contributed by atoms with Gasteiger partial charge in [-0.15, -0.1) is 23.1 Å². The molecule has 0 aromatic carbocycles. The third kappa shape index (κ3) is 5.46. The highest BCUT2D eigenvalue weighted by atomic mass is 32.2. The Morgan fingerprint density at radius 1 is 1.39 bits per heavy atom. The van der Waals surface area contributed by atoms with Crippen LogP contribution in [-0.4, -0.2) is 84.3 Å². The number of fused-ring (bicyclic) bond motifs is 1. The van der Waals surface area contributed by atoms with Crippen molar-refractivity contribution in [3.05, 3.63) is 22.3 Å². The molecule has 0 bridgehead atoms. The first-order chi connectivity index (χ1) is 15.8. The van der Waals surface area contributed by atoms with Crippen molar-refractivity contribution >= 4 is 51.7 Å². The van der Waals surface area contributed by atoms with Crippen LogP contribution in [0, 0.1) is 0 Å². The molecule has 3 rings (SSSR count). The molecule has 0 spiro atoms. The van der Waals surface area contributed by atoms with E-state index in [0.29, 0.717) is 11.3 Å². The van der Waals surface area contributed by atoms with Crippen molar-refractivity contribution in [2.75, 3.05) is 39.1 Å². The van der Waals surface area contributed by atoms with E-state index in [1.165, 1.54) is 30.9 Å². The molecule has 2 amide bonds. The summed E-state index contributed by atoms with van der Waals surface area (Å²) in [7, 11) is 2.79. The van der Waals surface area contributed by atoms with E-state index >= 15 is 0 Å². The summed E-state index contributed by atoms with van der Waals surface area (Å²) in [6, 6.07) is -0.876. The van der Waals surface area contributed by atoms with Crippen LogP contribution in [0.15, 0.2) is 21.8 Å². The number of nitrogens with two attached hydrogens (primary N) is 1. The number of esters is 1. The topological polar surface area (TPSA) is 155 Å². The standard InChI is InChI=1S/C19H25N5O7S2/c1-9(2)30-8-31-18(27)14-10(5-28-3)6-32-17-13(16(26)24(14)17)22-15(25)12(23-29-4)11-7-33-19(20)21-11/h7,9,13,17H,5-6,8H2,1-4H3,(H2,20,21)(H,22,25)/t13?,17-/m0/s1. The Morgan fingerprint density at radius 2 is 2.15 bits per heavy atom. The highest BCUT2D eigenvalue weighted by Gasteiger charge is 2.54. The van der Waals surface area contributed by atoms with Gasteiger partial charge in [-0.05, 0) is 19.4 Å². The Morgan fingerprint density at radius 3 is 2.76 bits per heavy atom. The summed E-state index contributed by atoms with van der Waals surface area (Å²) >= 11 is 2.54. The molecule has 12 nitrogen and oxygen atoms in total. The fourth-order valence-corrected chi connectivity index (χ4v) is 5.03. The molecule has 1 aromatic heterocycles. The smallest absolute Gasteiger partial charge is 0.357 e. The minimum absolute atomic E-state index is 0.112. The van der Waals surface area contributed by atoms with Crippen LogP contribution >= 0.6 is 23.1 Å². The van der Waals surface area contributed by atoms with Gasteiger partial charge in [-0.3, -0.25) is 14.5 Å². The lowest BCUT2D eigenvalue weighted by molar-refractivity contribution is -0.162. The number of nitrogens with one attached hydrogen (secondary N) is 1. The van der Waals surface area contributed by atoms with Gasteiger partial charge in [0.1, 0.15) is 29.9 Å². The van der Waals surface area contributed by atoms with Gasteiger partial charge in [0.15, 0.2) is 17.6 Å². The lowest BCUT2D eigenvalue weighted by Gasteiger charge is -2.49. The second kappa shape index (κ2) is 11.0. The number of nitrogen functional groups attached to an aromatic ring is 1. The van der Waals surface area contributed by atoms with Crippen LogP contribution in [0.3, 0.4) is 0 Å². The van der Waals surface area contributed by atoms with Crippen LogP contribution in [0.2, 0.25) is 0 Å². The molecule has 1 unspecified atom stereocenters. The molecule has 14 heteroatoms. The number of nitrogens with zero attached hydrogens (tertiary/aromatic N) is 3. The maximum Gasteiger partial charge on any atom is 0.357 e. The molecule has 33 heavy (non-hydrogen) atoms. The molecule has 0 radical (unpaired) electrons. The summed E-state index contributed by atoms with van der Waals surface area (Å²) in [5, 5.41) is 7.70. The number of carbonyl (C=O) groups is 3. The van der Waals surface area contributed by atoms with Gasteiger partial charge in [0.25, 0.3) is 11.8 Å². The van der Waals surface area contributed by atoms with Crippen molar-refractivity contribution < 1.29 is 33.4 Å². The van der Waals surface area contributed by atoms with E-state index in [4.69, 9.17) is 24.8 Å². The first-order valence-electron chi connectivity index (χ1n) is 9.86. The molecule has 2 aliphatic heterocycles. The third-order valence-corrected chi connectivity index (χ3v) is 6.61. The number of hydrogen-bond acceptors (Lipinski definition) is 12. The second-order valence-electron chi connectivity index (χ2n) is 7.20. The summed E-state index contributed by atoms with van der Waals surface area (Å²) in [4.78, 5) is 48.7. The van der Waals surface area contributed by atoms with Crippen molar-refractivity contribution in [3.8, 4) is 0 Å². The first kappa shape index (κ1) is 25.0. The van der Waals surface area contributed by atoms with E-state index in [0.717, 1.165) is 11.3 Å². The van der Waals surface area contributed by atoms with Crippen LogP contribution in [0.5, 0.6) is 0 Å². The molecule has 2 atom stereocenters. The van der Waals surface area contributed by atoms with Crippen molar-refractivity contribution in [3.63, 3.8) is 0 Å². The highest BCUT2D eigenvalue weighted by molar-refractivity contribution is 8.00. The van der Waals surface area contributed by atoms with E-state index in [1.807, 2.05) is 13.8 Å². The Labute approximate surface area is 198 Å². The van der Waals surface area contributed by atoms with Crippen molar-refractivity contribution in [2.24, 2.45) is 5.16 Å². The lowest BCUT2D eigenvalue weighted by atomic mass is 10.0. The highest BCUT2D eigenvalue weighted by Crippen LogP contribution is 2.40. The monoisotopic (exact) mass is 499 g/mol. The molecule has 1 fully saturated rings. The van der Waals surface area contributed by atoms with Gasteiger partial charge in [-0.25, -0.2) is 9.78 Å². The van der Waals surface area contributed by atoms with Crippen LogP contribution in [0.4, 0.5) is 5.13 Å². The number of β-lactam (4-membered cyclic amide) rings is 1. The van der Waals surface area contributed by atoms with Crippen LogP contribution in [0.25, 0.3) is 0 Å². The molecule has 1 aromatic rings. The molecule has 0 saturated carbocycles. The molecule has 3 N–H and O–H groups in total. The number of aromatic nitrogens is 1. The van der Waals surface area contributed by atoms with Crippen molar-refractivity contribution in [1.29, 1.82) is 0 Å². The zero-order valence-corrected chi connectivity index (χ0v) is 20.2. The Balaban J connectivity index is 1.75. The number of methoxy groups -OCH3 is 1. The molecule has 180 valence electrons. The van der Waals surface area contributed by atoms with Crippen LogP contribution in [0.1, 0.15) is 19.5 Å². The van der Waals surface area contributed by atoms with Gasteiger partial charge in [0, 0.05) is 18.2 Å². The summed E-state index contributed by atoms with van der Waals surface area (Å²) < 4.78 is 15.7. The van der Waals surface area contributed by atoms with Gasteiger partial charge in [-0.1, -0.05) is 5.16 Å². The van der Waals surface area contributed by atoms with E-state index in [1.54, 1.807) is 5.38 Å². The van der Waals surface area contributed by atoms with Gasteiger partial charge in [-0.2, -0.15) is 0 Å². The number of amides is 2. The SMILES string of the molecule is COCC1=C(C(=O)OCOC(C)C)N2C(=O)C(NC(=O)C(=NOC)c3csc(N)n3)[C@@H]2SC1. The minimum Gasteiger partial charge on any atom is -0.434 e. The Hall–Kier alpha value is -2.68. The van der Waals surface area contributed by atoms with Gasteiger partial charge >= 0.3 is 5.97 Å². The number of carbonyl (C=O) groups excluding carboxylic acids is 3. The van der Waals surface area contributed by atoms with Crippen LogP contribution in [-0.2, 0) is 33.4 Å².